The monoisotopic (exact) mass is 483 g/mol. The Bertz CT molecular complexity index is 1380. The highest BCUT2D eigenvalue weighted by Gasteiger charge is 2.12. The van der Waals surface area contributed by atoms with Crippen LogP contribution in [0.25, 0.3) is 11.3 Å². The van der Waals surface area contributed by atoms with Crippen LogP contribution in [0, 0.1) is 11.3 Å². The zero-order valence-electron chi connectivity index (χ0n) is 20.1. The average Bonchev–Trinajstić information content (AvgIpc) is 2.89. The van der Waals surface area contributed by atoms with Crippen molar-refractivity contribution in [2.24, 2.45) is 9.98 Å². The lowest BCUT2D eigenvalue weighted by atomic mass is 10.1. The molecule has 0 aliphatic heterocycles. The van der Waals surface area contributed by atoms with Gasteiger partial charge in [0.15, 0.2) is 11.5 Å². The number of amidine groups is 1. The molecule has 1 atom stereocenters. The largest absolute Gasteiger partial charge is 0.504 e. The lowest BCUT2D eigenvalue weighted by Crippen LogP contribution is -2.14. The van der Waals surface area contributed by atoms with Crippen molar-refractivity contribution in [1.29, 1.82) is 5.26 Å². The molecule has 1 amide bonds. The summed E-state index contributed by atoms with van der Waals surface area (Å²) in [7, 11) is 1.48. The lowest BCUT2D eigenvalue weighted by molar-refractivity contribution is -0.112. The Labute approximate surface area is 208 Å². The van der Waals surface area contributed by atoms with E-state index in [4.69, 9.17) is 10.00 Å². The Balaban J connectivity index is 1.73. The van der Waals surface area contributed by atoms with Crippen LogP contribution in [0.2, 0.25) is 0 Å². The fourth-order valence-electron chi connectivity index (χ4n) is 3.15. The SMILES string of the molecule is C=NC(C#N)=N/C=C(\C)C(=O)Nc1cccc([C@H](C)Nc2cncc(-c3ccc(O)c(OC)c3)n2)c1. The van der Waals surface area contributed by atoms with Gasteiger partial charge >= 0.3 is 0 Å². The van der Waals surface area contributed by atoms with Gasteiger partial charge in [0.2, 0.25) is 5.84 Å². The van der Waals surface area contributed by atoms with Gasteiger partial charge in [-0.3, -0.25) is 9.78 Å². The second-order valence-electron chi connectivity index (χ2n) is 7.66. The summed E-state index contributed by atoms with van der Waals surface area (Å²) in [6.07, 6.45) is 4.51. The van der Waals surface area contributed by atoms with E-state index >= 15 is 0 Å². The van der Waals surface area contributed by atoms with Crippen LogP contribution >= 0.6 is 0 Å². The van der Waals surface area contributed by atoms with Crippen molar-refractivity contribution in [2.45, 2.75) is 19.9 Å². The molecule has 0 bridgehead atoms. The number of carbonyl (C=O) groups is 1. The standard InChI is InChI=1S/C26H25N7O3/c1-16(13-30-24(12-27)28-3)26(35)32-20-7-5-6-18(10-20)17(2)31-25-15-29-14-21(33-25)19-8-9-22(34)23(11-19)36-4/h5-11,13-15,17,34H,3H2,1-2,4H3,(H,31,33)(H,32,35)/b16-13+,30-24?/t17-/m0/s1. The topological polar surface area (TPSA) is 145 Å². The minimum absolute atomic E-state index is 0.0446. The maximum atomic E-state index is 12.5. The third kappa shape index (κ3) is 6.51. The number of aliphatic imine (C=N–C) groups is 2. The number of nitrogens with zero attached hydrogens (tertiary/aromatic N) is 5. The molecule has 1 aromatic heterocycles. The molecule has 0 radical (unpaired) electrons. The van der Waals surface area contributed by atoms with Crippen LogP contribution < -0.4 is 15.4 Å². The number of phenolic OH excluding ortho intramolecular Hbond substituents is 1. The van der Waals surface area contributed by atoms with Crippen molar-refractivity contribution in [2.75, 3.05) is 17.7 Å². The number of carbonyl (C=O) groups excluding carboxylic acids is 1. The molecule has 3 aromatic rings. The van der Waals surface area contributed by atoms with Gasteiger partial charge < -0.3 is 20.5 Å². The normalized spacial score (nSPS) is 12.3. The molecule has 10 nitrogen and oxygen atoms in total. The molecule has 1 heterocycles. The first-order valence-corrected chi connectivity index (χ1v) is 10.8. The quantitative estimate of drug-likeness (QED) is 0.243. The molecule has 2 aromatic carbocycles. The van der Waals surface area contributed by atoms with Gasteiger partial charge in [-0.05, 0) is 56.5 Å². The van der Waals surface area contributed by atoms with Crippen LogP contribution in [0.1, 0.15) is 25.5 Å². The summed E-state index contributed by atoms with van der Waals surface area (Å²) in [6, 6.07) is 14.0. The Morgan fingerprint density at radius 3 is 2.81 bits per heavy atom. The zero-order chi connectivity index (χ0) is 26.1. The van der Waals surface area contributed by atoms with Gasteiger partial charge in [0.05, 0.1) is 31.2 Å². The smallest absolute Gasteiger partial charge is 0.252 e. The van der Waals surface area contributed by atoms with Crippen LogP contribution in [0.4, 0.5) is 11.5 Å². The van der Waals surface area contributed by atoms with Crippen LogP contribution in [0.15, 0.2) is 76.6 Å². The number of aromatic nitrogens is 2. The van der Waals surface area contributed by atoms with E-state index in [0.29, 0.717) is 28.5 Å². The predicted octanol–water partition coefficient (Wildman–Crippen LogP) is 4.50. The Kier molecular flexibility index (Phi) is 8.45. The molecule has 0 fully saturated rings. The molecule has 0 saturated carbocycles. The second kappa shape index (κ2) is 11.9. The molecule has 0 spiro atoms. The Morgan fingerprint density at radius 2 is 2.08 bits per heavy atom. The Hall–Kier alpha value is -5.04. The van der Waals surface area contributed by atoms with Crippen molar-refractivity contribution in [1.82, 2.24) is 9.97 Å². The first-order chi connectivity index (χ1) is 17.3. The van der Waals surface area contributed by atoms with E-state index < -0.39 is 0 Å². The zero-order valence-corrected chi connectivity index (χ0v) is 20.1. The number of rotatable bonds is 8. The van der Waals surface area contributed by atoms with E-state index in [0.717, 1.165) is 11.1 Å². The summed E-state index contributed by atoms with van der Waals surface area (Å²) in [6.45, 7) is 6.79. The number of hydrogen-bond donors (Lipinski definition) is 3. The van der Waals surface area contributed by atoms with E-state index in [1.54, 1.807) is 49.7 Å². The highest BCUT2D eigenvalue weighted by Crippen LogP contribution is 2.31. The molecule has 36 heavy (non-hydrogen) atoms. The van der Waals surface area contributed by atoms with E-state index in [9.17, 15) is 9.90 Å². The molecule has 0 aliphatic rings. The van der Waals surface area contributed by atoms with Gasteiger partial charge in [0.1, 0.15) is 11.9 Å². The summed E-state index contributed by atoms with van der Waals surface area (Å²) >= 11 is 0. The van der Waals surface area contributed by atoms with Crippen LogP contribution in [0.5, 0.6) is 11.5 Å². The third-order valence-corrected chi connectivity index (χ3v) is 5.11. The van der Waals surface area contributed by atoms with Gasteiger partial charge in [0, 0.05) is 23.0 Å². The molecular formula is C26H25N7O3. The molecule has 182 valence electrons. The number of nitriles is 1. The fourth-order valence-corrected chi connectivity index (χ4v) is 3.15. The average molecular weight is 484 g/mol. The fraction of sp³-hybridized carbons (Fsp3) is 0.154. The number of anilines is 2. The van der Waals surface area contributed by atoms with Gasteiger partial charge in [-0.25, -0.2) is 15.0 Å². The number of ether oxygens (including phenoxy) is 1. The van der Waals surface area contributed by atoms with Crippen LogP contribution in [-0.2, 0) is 4.79 Å². The van der Waals surface area contributed by atoms with Crippen molar-refractivity contribution >= 4 is 30.0 Å². The first-order valence-electron chi connectivity index (χ1n) is 10.8. The van der Waals surface area contributed by atoms with Gasteiger partial charge in [-0.2, -0.15) is 5.26 Å². The van der Waals surface area contributed by atoms with Crippen LogP contribution in [-0.4, -0.2) is 40.6 Å². The van der Waals surface area contributed by atoms with Gasteiger partial charge in [-0.15, -0.1) is 0 Å². The maximum Gasteiger partial charge on any atom is 0.252 e. The predicted molar refractivity (Wildman–Crippen MR) is 139 cm³/mol. The number of hydrogen-bond acceptors (Lipinski definition) is 8. The summed E-state index contributed by atoms with van der Waals surface area (Å²) in [5.41, 5.74) is 3.18. The summed E-state index contributed by atoms with van der Waals surface area (Å²) in [5, 5.41) is 24.8. The number of amides is 1. The first kappa shape index (κ1) is 25.6. The van der Waals surface area contributed by atoms with E-state index in [2.05, 4.69) is 37.3 Å². The molecule has 0 unspecified atom stereocenters. The van der Waals surface area contributed by atoms with E-state index in [1.807, 2.05) is 25.1 Å². The third-order valence-electron chi connectivity index (χ3n) is 5.11. The van der Waals surface area contributed by atoms with Gasteiger partial charge in [0.25, 0.3) is 5.91 Å². The number of benzene rings is 2. The minimum atomic E-state index is -0.360. The molecule has 3 N–H and O–H groups in total. The summed E-state index contributed by atoms with van der Waals surface area (Å²) in [5.74, 6) is 0.464. The van der Waals surface area contributed by atoms with Crippen molar-refractivity contribution in [3.8, 4) is 28.8 Å². The van der Waals surface area contributed by atoms with E-state index in [-0.39, 0.29) is 23.5 Å². The highest BCUT2D eigenvalue weighted by molar-refractivity contribution is 6.04. The Morgan fingerprint density at radius 1 is 1.28 bits per heavy atom. The van der Waals surface area contributed by atoms with Crippen molar-refractivity contribution in [3.63, 3.8) is 0 Å². The maximum absolute atomic E-state index is 12.5. The van der Waals surface area contributed by atoms with E-state index in [1.165, 1.54) is 13.3 Å². The lowest BCUT2D eigenvalue weighted by Gasteiger charge is -2.16. The number of nitrogens with one attached hydrogen (secondary N) is 2. The number of phenols is 1. The highest BCUT2D eigenvalue weighted by atomic mass is 16.5. The number of methoxy groups -OCH3 is 1. The summed E-state index contributed by atoms with van der Waals surface area (Å²) in [4.78, 5) is 28.6. The molecular weight excluding hydrogens is 458 g/mol. The van der Waals surface area contributed by atoms with Gasteiger partial charge in [-0.1, -0.05) is 12.1 Å². The molecule has 0 saturated heterocycles. The number of aromatic hydroxyl groups is 1. The molecule has 10 heteroatoms. The molecule has 3 rings (SSSR count). The second-order valence-corrected chi connectivity index (χ2v) is 7.66. The van der Waals surface area contributed by atoms with Crippen molar-refractivity contribution < 1.29 is 14.6 Å². The molecule has 0 aliphatic carbocycles. The van der Waals surface area contributed by atoms with Crippen molar-refractivity contribution in [3.05, 3.63) is 72.2 Å². The summed E-state index contributed by atoms with van der Waals surface area (Å²) < 4.78 is 5.17. The minimum Gasteiger partial charge on any atom is -0.504 e. The van der Waals surface area contributed by atoms with Crippen LogP contribution in [0.3, 0.4) is 0 Å².